The van der Waals surface area contributed by atoms with Gasteiger partial charge in [-0.3, -0.25) is 0 Å². The summed E-state index contributed by atoms with van der Waals surface area (Å²) in [5.74, 6) is 0. The molecule has 0 N–H and O–H groups in total. The molecule has 0 radical (unpaired) electrons. The molecule has 0 saturated carbocycles. The second-order valence-corrected chi connectivity index (χ2v) is 33.4. The molecule has 4 aromatic heterocycles. The van der Waals surface area contributed by atoms with Crippen molar-refractivity contribution in [2.24, 2.45) is 0 Å². The Morgan fingerprint density at radius 2 is 0.323 bits per heavy atom. The molecule has 0 aliphatic rings. The fourth-order valence-electron chi connectivity index (χ4n) is 18.5. The van der Waals surface area contributed by atoms with Crippen LogP contribution in [0.25, 0.3) is 231 Å². The minimum atomic E-state index is 0.886. The van der Waals surface area contributed by atoms with Crippen LogP contribution in [0.1, 0.15) is 0 Å². The van der Waals surface area contributed by atoms with Crippen molar-refractivity contribution in [3.63, 3.8) is 0 Å². The molecular formula is C120H78N2OS. The summed E-state index contributed by atoms with van der Waals surface area (Å²) in [5.41, 5.74) is 37.8. The number of para-hydroxylation sites is 2. The van der Waals surface area contributed by atoms with Gasteiger partial charge in [-0.05, 0) is 291 Å². The normalized spacial score (nSPS) is 11.5. The Morgan fingerprint density at radius 3 is 0.581 bits per heavy atom. The van der Waals surface area contributed by atoms with E-state index in [0.717, 1.165) is 38.8 Å². The Morgan fingerprint density at radius 1 is 0.137 bits per heavy atom. The molecule has 0 unspecified atom stereocenters. The van der Waals surface area contributed by atoms with Crippen molar-refractivity contribution in [2.75, 3.05) is 0 Å². The lowest BCUT2D eigenvalue weighted by atomic mass is 9.94. The van der Waals surface area contributed by atoms with Crippen LogP contribution in [-0.2, 0) is 0 Å². The largest absolute Gasteiger partial charge is 0.456 e. The molecule has 0 bridgehead atoms. The zero-order valence-corrected chi connectivity index (χ0v) is 68.6. The molecule has 24 aromatic rings. The summed E-state index contributed by atoms with van der Waals surface area (Å²) >= 11 is 1.87. The third-order valence-electron chi connectivity index (χ3n) is 24.8. The summed E-state index contributed by atoms with van der Waals surface area (Å²) < 4.78 is 13.8. The van der Waals surface area contributed by atoms with E-state index in [9.17, 15) is 0 Å². The number of benzene rings is 20. The van der Waals surface area contributed by atoms with E-state index in [0.29, 0.717) is 0 Å². The first-order valence-electron chi connectivity index (χ1n) is 42.5. The maximum Gasteiger partial charge on any atom is 0.135 e. The van der Waals surface area contributed by atoms with E-state index in [2.05, 4.69) is 482 Å². The lowest BCUT2D eigenvalue weighted by molar-refractivity contribution is 0.669. The molecule has 0 spiro atoms. The minimum absolute atomic E-state index is 0.886. The fourth-order valence-corrected chi connectivity index (χ4v) is 19.6. The van der Waals surface area contributed by atoms with Gasteiger partial charge in [-0.15, -0.1) is 11.3 Å². The highest BCUT2D eigenvalue weighted by molar-refractivity contribution is 7.25. The van der Waals surface area contributed by atoms with E-state index >= 15 is 0 Å². The average molecular weight is 1600 g/mol. The lowest BCUT2D eigenvalue weighted by Crippen LogP contribution is -1.93. The molecule has 0 amide bonds. The summed E-state index contributed by atoms with van der Waals surface area (Å²) in [6, 6.07) is 172. The summed E-state index contributed by atoms with van der Waals surface area (Å²) in [5, 5.41) is 9.78. The van der Waals surface area contributed by atoms with Gasteiger partial charge in [0, 0.05) is 63.9 Å². The smallest absolute Gasteiger partial charge is 0.135 e. The maximum atomic E-state index is 6.45. The van der Waals surface area contributed by atoms with Crippen molar-refractivity contribution in [3.8, 4) is 145 Å². The number of aromatic nitrogens is 2. The molecular weight excluding hydrogens is 1520 g/mol. The minimum Gasteiger partial charge on any atom is -0.456 e. The summed E-state index contributed by atoms with van der Waals surface area (Å²) in [7, 11) is 0. The number of furan rings is 1. The molecule has 580 valence electrons. The standard InChI is InChI=1S/C60H39NO.C60H39NS/c2*1-4-13-40(14-5-1)42-17-10-18-43(33-42)44-19-11-20-45(34-44)46-21-12-22-47(35-46)50-27-31-59-55(38-50)56-39-51(28-32-60(56)62-59)49-26-30-58-54(37-49)53-36-48(41-15-6-2-7-16-41)25-29-57(53)61(58)52-23-8-3-9-24-52/h2*1-39H. The fraction of sp³-hybridized carbons (Fsp3) is 0. The molecule has 20 aromatic carbocycles. The number of nitrogens with zero attached hydrogens (tertiary/aromatic N) is 2. The zero-order valence-electron chi connectivity index (χ0n) is 67.7. The van der Waals surface area contributed by atoms with Crippen molar-refractivity contribution in [1.82, 2.24) is 9.13 Å². The first-order valence-corrected chi connectivity index (χ1v) is 43.3. The number of hydrogen-bond acceptors (Lipinski definition) is 2. The molecule has 4 heteroatoms. The van der Waals surface area contributed by atoms with Crippen LogP contribution in [0.15, 0.2) is 478 Å². The number of rotatable bonds is 14. The van der Waals surface area contributed by atoms with Gasteiger partial charge >= 0.3 is 0 Å². The van der Waals surface area contributed by atoms with Gasteiger partial charge in [0.25, 0.3) is 0 Å². The second kappa shape index (κ2) is 31.3. The Hall–Kier alpha value is -16.0. The second-order valence-electron chi connectivity index (χ2n) is 32.3. The van der Waals surface area contributed by atoms with E-state index in [1.165, 1.54) is 192 Å². The van der Waals surface area contributed by atoms with E-state index < -0.39 is 0 Å². The van der Waals surface area contributed by atoms with Crippen LogP contribution in [0.4, 0.5) is 0 Å². The Bertz CT molecular complexity index is 7720. The highest BCUT2D eigenvalue weighted by Gasteiger charge is 2.21. The summed E-state index contributed by atoms with van der Waals surface area (Å²) in [6.45, 7) is 0. The highest BCUT2D eigenvalue weighted by Crippen LogP contribution is 2.45. The Balaban J connectivity index is 0.000000143. The summed E-state index contributed by atoms with van der Waals surface area (Å²) in [6.07, 6.45) is 0. The van der Waals surface area contributed by atoms with Crippen molar-refractivity contribution < 1.29 is 4.42 Å². The first-order chi connectivity index (χ1) is 61.4. The van der Waals surface area contributed by atoms with Crippen LogP contribution in [-0.4, -0.2) is 9.13 Å². The molecule has 0 aliphatic heterocycles. The number of hydrogen-bond donors (Lipinski definition) is 0. The van der Waals surface area contributed by atoms with Crippen LogP contribution >= 0.6 is 11.3 Å². The van der Waals surface area contributed by atoms with Crippen LogP contribution in [0, 0.1) is 0 Å². The quantitative estimate of drug-likeness (QED) is 0.106. The Labute approximate surface area is 723 Å². The van der Waals surface area contributed by atoms with Gasteiger partial charge in [-0.1, -0.05) is 315 Å². The molecule has 0 atom stereocenters. The highest BCUT2D eigenvalue weighted by atomic mass is 32.1. The van der Waals surface area contributed by atoms with E-state index in [1.54, 1.807) is 0 Å². The van der Waals surface area contributed by atoms with Crippen LogP contribution in [0.2, 0.25) is 0 Å². The van der Waals surface area contributed by atoms with Crippen molar-refractivity contribution in [1.29, 1.82) is 0 Å². The molecule has 24 rings (SSSR count). The predicted octanol–water partition coefficient (Wildman–Crippen LogP) is 33.8. The molecule has 3 nitrogen and oxygen atoms in total. The summed E-state index contributed by atoms with van der Waals surface area (Å²) in [4.78, 5) is 0. The van der Waals surface area contributed by atoms with E-state index in [1.807, 2.05) is 11.3 Å². The SMILES string of the molecule is c1ccc(-c2cccc(-c3cccc(-c4cccc(-c5ccc6oc7ccc(-c8ccc9c(c8)c8cc(-c%10ccccc%10)ccc8n9-c8ccccc8)cc7c6c5)c4)c3)c2)cc1.c1ccc(-c2cccc(-c3cccc(-c4cccc(-c5ccc6sc7ccc(-c8ccc9c(c8)c8cc(-c%10ccccc%10)ccc8n9-c8ccccc8)cc7c6c5)c4)c3)c2)cc1. The molecule has 124 heavy (non-hydrogen) atoms. The van der Waals surface area contributed by atoms with Gasteiger partial charge in [0.15, 0.2) is 0 Å². The molecule has 4 heterocycles. The lowest BCUT2D eigenvalue weighted by Gasteiger charge is -2.10. The van der Waals surface area contributed by atoms with Gasteiger partial charge in [-0.25, -0.2) is 0 Å². The topological polar surface area (TPSA) is 23.0 Å². The monoisotopic (exact) mass is 1590 g/mol. The van der Waals surface area contributed by atoms with Crippen molar-refractivity contribution in [2.45, 2.75) is 0 Å². The molecule has 0 saturated heterocycles. The van der Waals surface area contributed by atoms with Crippen LogP contribution in [0.3, 0.4) is 0 Å². The van der Waals surface area contributed by atoms with Gasteiger partial charge in [0.2, 0.25) is 0 Å². The third kappa shape index (κ3) is 13.7. The van der Waals surface area contributed by atoms with Crippen LogP contribution < -0.4 is 0 Å². The molecule has 0 aliphatic carbocycles. The van der Waals surface area contributed by atoms with Gasteiger partial charge < -0.3 is 13.6 Å². The zero-order chi connectivity index (χ0) is 82.0. The van der Waals surface area contributed by atoms with Gasteiger partial charge in [0.1, 0.15) is 11.2 Å². The number of fused-ring (bicyclic) bond motifs is 12. The van der Waals surface area contributed by atoms with Gasteiger partial charge in [0.05, 0.1) is 22.1 Å². The average Bonchev–Trinajstić information content (AvgIpc) is 1.58. The Kier molecular flexibility index (Phi) is 18.5. The predicted molar refractivity (Wildman–Crippen MR) is 527 cm³/mol. The van der Waals surface area contributed by atoms with E-state index in [-0.39, 0.29) is 0 Å². The third-order valence-corrected chi connectivity index (χ3v) is 25.9. The van der Waals surface area contributed by atoms with Gasteiger partial charge in [-0.2, -0.15) is 0 Å². The van der Waals surface area contributed by atoms with E-state index in [4.69, 9.17) is 4.42 Å². The first kappa shape index (κ1) is 73.2. The number of thiophene rings is 1. The van der Waals surface area contributed by atoms with Crippen molar-refractivity contribution in [3.05, 3.63) is 473 Å². The van der Waals surface area contributed by atoms with Crippen molar-refractivity contribution >= 4 is 97.1 Å². The molecule has 0 fully saturated rings. The maximum absolute atomic E-state index is 6.45. The van der Waals surface area contributed by atoms with Crippen LogP contribution in [0.5, 0.6) is 0 Å².